The fourth-order valence-electron chi connectivity index (χ4n) is 1.68. The molecule has 0 amide bonds. The lowest BCUT2D eigenvalue weighted by atomic mass is 10.0. The summed E-state index contributed by atoms with van der Waals surface area (Å²) >= 11 is 0. The molecule has 0 aliphatic heterocycles. The molecule has 0 unspecified atom stereocenters. The number of hydrogen-bond donors (Lipinski definition) is 0. The van der Waals surface area contributed by atoms with E-state index in [4.69, 9.17) is 0 Å². The van der Waals surface area contributed by atoms with E-state index in [2.05, 4.69) is 35.5 Å². The lowest BCUT2D eigenvalue weighted by Gasteiger charge is -2.08. The molecule has 0 saturated carbocycles. The van der Waals surface area contributed by atoms with Crippen LogP contribution in [-0.4, -0.2) is 17.4 Å². The molecule has 0 aromatic carbocycles. The van der Waals surface area contributed by atoms with Crippen molar-refractivity contribution in [2.75, 3.05) is 0 Å². The summed E-state index contributed by atoms with van der Waals surface area (Å²) in [6.07, 6.45) is 0. The smallest absolute Gasteiger partial charge is 0.164 e. The largest absolute Gasteiger partial charge is 0.303 e. The Hall–Kier alpha value is -1.51. The van der Waals surface area contributed by atoms with Gasteiger partial charge in [0.25, 0.3) is 0 Å². The van der Waals surface area contributed by atoms with Gasteiger partial charge in [-0.2, -0.15) is 0 Å². The van der Waals surface area contributed by atoms with Crippen LogP contribution in [0.3, 0.4) is 0 Å². The van der Waals surface area contributed by atoms with Crippen LogP contribution in [0.25, 0.3) is 5.82 Å². The maximum atomic E-state index is 4.50. The molecule has 0 spiro atoms. The van der Waals surface area contributed by atoms with Gasteiger partial charge in [-0.05, 0) is 37.6 Å². The molecule has 70 valence electrons. The minimum atomic E-state index is 1.00. The molecule has 0 bridgehead atoms. The SMILES string of the molecule is Bc1cccc(-n2c(C)ccc2C)n1. The van der Waals surface area contributed by atoms with Gasteiger partial charge in [-0.3, -0.25) is 0 Å². The summed E-state index contributed by atoms with van der Waals surface area (Å²) in [6.45, 7) is 4.19. The highest BCUT2D eigenvalue weighted by molar-refractivity contribution is 6.30. The summed E-state index contributed by atoms with van der Waals surface area (Å²) in [5.41, 5.74) is 3.50. The van der Waals surface area contributed by atoms with Crippen LogP contribution in [-0.2, 0) is 0 Å². The molecule has 0 N–H and O–H groups in total. The van der Waals surface area contributed by atoms with Gasteiger partial charge in [-0.1, -0.05) is 12.1 Å². The maximum Gasteiger partial charge on any atom is 0.164 e. The fraction of sp³-hybridized carbons (Fsp3) is 0.182. The van der Waals surface area contributed by atoms with E-state index in [0.717, 1.165) is 11.4 Å². The first-order valence-electron chi connectivity index (χ1n) is 4.77. The average molecular weight is 184 g/mol. The predicted molar refractivity (Wildman–Crippen MR) is 61.2 cm³/mol. The van der Waals surface area contributed by atoms with Crippen LogP contribution in [0.15, 0.2) is 30.3 Å². The summed E-state index contributed by atoms with van der Waals surface area (Å²) in [5, 5.41) is 0. The van der Waals surface area contributed by atoms with Gasteiger partial charge in [-0.25, -0.2) is 4.98 Å². The summed E-state index contributed by atoms with van der Waals surface area (Å²) in [5.74, 6) is 1.00. The second-order valence-corrected chi connectivity index (χ2v) is 3.59. The zero-order valence-corrected chi connectivity index (χ0v) is 8.78. The third kappa shape index (κ3) is 1.46. The molecule has 2 aromatic heterocycles. The van der Waals surface area contributed by atoms with Crippen LogP contribution in [0.5, 0.6) is 0 Å². The van der Waals surface area contributed by atoms with Crippen molar-refractivity contribution in [1.29, 1.82) is 0 Å². The van der Waals surface area contributed by atoms with Gasteiger partial charge in [0.05, 0.1) is 0 Å². The first-order valence-corrected chi connectivity index (χ1v) is 4.77. The molecule has 0 fully saturated rings. The summed E-state index contributed by atoms with van der Waals surface area (Å²) in [6, 6.07) is 10.3. The Morgan fingerprint density at radius 2 is 1.71 bits per heavy atom. The minimum Gasteiger partial charge on any atom is -0.303 e. The van der Waals surface area contributed by atoms with Gasteiger partial charge in [0.15, 0.2) is 7.85 Å². The van der Waals surface area contributed by atoms with Crippen molar-refractivity contribution in [3.63, 3.8) is 0 Å². The second kappa shape index (κ2) is 3.33. The van der Waals surface area contributed by atoms with Crippen molar-refractivity contribution < 1.29 is 0 Å². The zero-order chi connectivity index (χ0) is 10.1. The predicted octanol–water partition coefficient (Wildman–Crippen LogP) is 0.748. The lowest BCUT2D eigenvalue weighted by molar-refractivity contribution is 0.928. The molecular formula is C11H13BN2. The highest BCUT2D eigenvalue weighted by atomic mass is 15.1. The quantitative estimate of drug-likeness (QED) is 0.598. The van der Waals surface area contributed by atoms with E-state index in [1.165, 1.54) is 11.4 Å². The summed E-state index contributed by atoms with van der Waals surface area (Å²) < 4.78 is 2.16. The van der Waals surface area contributed by atoms with E-state index in [0.29, 0.717) is 0 Å². The minimum absolute atomic E-state index is 1.00. The third-order valence-corrected chi connectivity index (χ3v) is 2.37. The van der Waals surface area contributed by atoms with Gasteiger partial charge in [0.1, 0.15) is 5.82 Å². The number of nitrogens with zero attached hydrogens (tertiary/aromatic N) is 2. The van der Waals surface area contributed by atoms with E-state index < -0.39 is 0 Å². The van der Waals surface area contributed by atoms with Gasteiger partial charge in [0.2, 0.25) is 0 Å². The van der Waals surface area contributed by atoms with Gasteiger partial charge in [0, 0.05) is 11.4 Å². The van der Waals surface area contributed by atoms with Crippen molar-refractivity contribution >= 4 is 13.4 Å². The van der Waals surface area contributed by atoms with Gasteiger partial charge >= 0.3 is 0 Å². The Morgan fingerprint density at radius 1 is 1.07 bits per heavy atom. The topological polar surface area (TPSA) is 17.8 Å². The van der Waals surface area contributed by atoms with Crippen molar-refractivity contribution in [2.45, 2.75) is 13.8 Å². The Bertz CT molecular complexity index is 441. The van der Waals surface area contributed by atoms with Crippen LogP contribution in [0.1, 0.15) is 11.4 Å². The molecule has 2 aromatic rings. The number of aryl methyl sites for hydroxylation is 2. The second-order valence-electron chi connectivity index (χ2n) is 3.59. The Balaban J connectivity index is 2.59. The standard InChI is InChI=1S/C11H13BN2/c1-8-6-7-9(2)14(8)11-5-3-4-10(12)13-11/h3-7H,12H2,1-2H3. The molecule has 0 saturated heterocycles. The molecule has 2 nitrogen and oxygen atoms in total. The van der Waals surface area contributed by atoms with E-state index in [1.54, 1.807) is 0 Å². The zero-order valence-electron chi connectivity index (χ0n) is 8.78. The lowest BCUT2D eigenvalue weighted by Crippen LogP contribution is -2.12. The van der Waals surface area contributed by atoms with Crippen molar-refractivity contribution in [3.05, 3.63) is 41.7 Å². The van der Waals surface area contributed by atoms with Crippen LogP contribution >= 0.6 is 0 Å². The van der Waals surface area contributed by atoms with Gasteiger partial charge < -0.3 is 4.57 Å². The molecule has 2 heterocycles. The van der Waals surface area contributed by atoms with Gasteiger partial charge in [-0.15, -0.1) is 0 Å². The molecule has 0 aliphatic rings. The maximum absolute atomic E-state index is 4.50. The summed E-state index contributed by atoms with van der Waals surface area (Å²) in [4.78, 5) is 4.50. The number of rotatable bonds is 1. The highest BCUT2D eigenvalue weighted by Gasteiger charge is 2.03. The molecule has 3 heteroatoms. The molecule has 14 heavy (non-hydrogen) atoms. The molecular weight excluding hydrogens is 171 g/mol. The summed E-state index contributed by atoms with van der Waals surface area (Å²) in [7, 11) is 2.01. The molecule has 2 rings (SSSR count). The molecule has 0 aliphatic carbocycles. The average Bonchev–Trinajstić information content (AvgIpc) is 2.46. The first-order chi connectivity index (χ1) is 6.68. The molecule has 0 radical (unpaired) electrons. The molecule has 0 atom stereocenters. The van der Waals surface area contributed by atoms with Crippen LogP contribution in [0, 0.1) is 13.8 Å². The van der Waals surface area contributed by atoms with Crippen LogP contribution < -0.4 is 5.59 Å². The van der Waals surface area contributed by atoms with E-state index >= 15 is 0 Å². The van der Waals surface area contributed by atoms with E-state index in [9.17, 15) is 0 Å². The fourth-order valence-corrected chi connectivity index (χ4v) is 1.68. The van der Waals surface area contributed by atoms with Crippen molar-refractivity contribution in [3.8, 4) is 5.82 Å². The Morgan fingerprint density at radius 3 is 2.29 bits per heavy atom. The highest BCUT2D eigenvalue weighted by Crippen LogP contribution is 2.12. The number of pyridine rings is 1. The van der Waals surface area contributed by atoms with E-state index in [-0.39, 0.29) is 0 Å². The van der Waals surface area contributed by atoms with Crippen molar-refractivity contribution in [2.24, 2.45) is 0 Å². The Kier molecular flexibility index (Phi) is 2.16. The number of aromatic nitrogens is 2. The van der Waals surface area contributed by atoms with Crippen molar-refractivity contribution in [1.82, 2.24) is 9.55 Å². The van der Waals surface area contributed by atoms with Crippen LogP contribution in [0.4, 0.5) is 0 Å². The number of hydrogen-bond acceptors (Lipinski definition) is 1. The normalized spacial score (nSPS) is 10.4. The van der Waals surface area contributed by atoms with Crippen LogP contribution in [0.2, 0.25) is 0 Å². The van der Waals surface area contributed by atoms with E-state index in [1.807, 2.05) is 26.0 Å². The third-order valence-electron chi connectivity index (χ3n) is 2.37. The monoisotopic (exact) mass is 184 g/mol. The Labute approximate surface area is 85.0 Å². The first kappa shape index (κ1) is 9.07.